The van der Waals surface area contributed by atoms with Gasteiger partial charge in [0.2, 0.25) is 0 Å². The molecule has 2 heterocycles. The van der Waals surface area contributed by atoms with Crippen molar-refractivity contribution in [1.29, 1.82) is 0 Å². The molecule has 1 unspecified atom stereocenters. The van der Waals surface area contributed by atoms with E-state index < -0.39 is 5.97 Å². The standard InChI is InChI=1S/C20H19N5O2/c1-12-23-24-19-18(21-2)22-17(13-7-5-4-6-8-13)15-10-9-14(20(26)27-3)11-16(15)25(12)19/h4-11,18,21H,1-3H3. The molecule has 0 saturated carbocycles. The molecule has 1 atom stereocenters. The Kier molecular flexibility index (Phi) is 4.29. The third-order valence-corrected chi connectivity index (χ3v) is 4.59. The maximum atomic E-state index is 12.1. The lowest BCUT2D eigenvalue weighted by atomic mass is 9.99. The number of fused-ring (bicyclic) bond motifs is 3. The summed E-state index contributed by atoms with van der Waals surface area (Å²) in [6, 6.07) is 15.4. The molecule has 0 spiro atoms. The monoisotopic (exact) mass is 361 g/mol. The van der Waals surface area contributed by atoms with Crippen molar-refractivity contribution >= 4 is 11.7 Å². The Balaban J connectivity index is 2.03. The number of carbonyl (C=O) groups is 1. The van der Waals surface area contributed by atoms with E-state index in [1.807, 2.05) is 54.9 Å². The number of hydrogen-bond acceptors (Lipinski definition) is 6. The Morgan fingerprint density at radius 3 is 2.63 bits per heavy atom. The van der Waals surface area contributed by atoms with E-state index in [2.05, 4.69) is 15.5 Å². The minimum atomic E-state index is -0.391. The lowest BCUT2D eigenvalue weighted by Crippen LogP contribution is -2.18. The van der Waals surface area contributed by atoms with Crippen LogP contribution in [-0.2, 0) is 4.74 Å². The lowest BCUT2D eigenvalue weighted by molar-refractivity contribution is 0.0600. The number of methoxy groups -OCH3 is 1. The van der Waals surface area contributed by atoms with Crippen LogP contribution in [-0.4, -0.2) is 40.6 Å². The van der Waals surface area contributed by atoms with E-state index in [4.69, 9.17) is 9.73 Å². The van der Waals surface area contributed by atoms with Crippen LogP contribution in [0.5, 0.6) is 0 Å². The molecule has 0 bridgehead atoms. The summed E-state index contributed by atoms with van der Waals surface area (Å²) >= 11 is 0. The summed E-state index contributed by atoms with van der Waals surface area (Å²) in [6.07, 6.45) is -0.365. The topological polar surface area (TPSA) is 81.4 Å². The van der Waals surface area contributed by atoms with Gasteiger partial charge in [-0.3, -0.25) is 14.9 Å². The number of carbonyl (C=O) groups excluding carboxylic acids is 1. The first kappa shape index (κ1) is 17.1. The highest BCUT2D eigenvalue weighted by molar-refractivity contribution is 6.15. The van der Waals surface area contributed by atoms with Gasteiger partial charge in [0.25, 0.3) is 0 Å². The highest BCUT2D eigenvalue weighted by atomic mass is 16.5. The molecular weight excluding hydrogens is 342 g/mol. The molecule has 1 aliphatic heterocycles. The summed E-state index contributed by atoms with van der Waals surface area (Å²) in [4.78, 5) is 17.0. The van der Waals surface area contributed by atoms with E-state index in [-0.39, 0.29) is 6.17 Å². The molecule has 27 heavy (non-hydrogen) atoms. The number of aliphatic imine (C=N–C) groups is 1. The van der Waals surface area contributed by atoms with Crippen LogP contribution in [0.25, 0.3) is 5.69 Å². The molecule has 2 aromatic carbocycles. The van der Waals surface area contributed by atoms with E-state index >= 15 is 0 Å². The number of hydrogen-bond donors (Lipinski definition) is 1. The molecule has 1 aliphatic rings. The van der Waals surface area contributed by atoms with Gasteiger partial charge in [0.1, 0.15) is 5.82 Å². The molecule has 7 nitrogen and oxygen atoms in total. The predicted octanol–water partition coefficient (Wildman–Crippen LogP) is 2.43. The number of benzene rings is 2. The number of aromatic nitrogens is 3. The van der Waals surface area contributed by atoms with Crippen LogP contribution in [0.1, 0.15) is 39.3 Å². The summed E-state index contributed by atoms with van der Waals surface area (Å²) in [5.41, 5.74) is 3.98. The first-order valence-corrected chi connectivity index (χ1v) is 8.59. The van der Waals surface area contributed by atoms with Crippen molar-refractivity contribution in [2.75, 3.05) is 14.2 Å². The van der Waals surface area contributed by atoms with E-state index in [1.54, 1.807) is 12.1 Å². The average molecular weight is 361 g/mol. The zero-order chi connectivity index (χ0) is 19.0. The third-order valence-electron chi connectivity index (χ3n) is 4.59. The predicted molar refractivity (Wildman–Crippen MR) is 101 cm³/mol. The number of nitrogens with zero attached hydrogens (tertiary/aromatic N) is 4. The van der Waals surface area contributed by atoms with Crippen molar-refractivity contribution in [2.45, 2.75) is 13.1 Å². The lowest BCUT2D eigenvalue weighted by Gasteiger charge is -2.14. The van der Waals surface area contributed by atoms with Gasteiger partial charge >= 0.3 is 5.97 Å². The Hall–Kier alpha value is -3.32. The number of nitrogens with one attached hydrogen (secondary N) is 1. The van der Waals surface area contributed by atoms with Crippen LogP contribution in [0.15, 0.2) is 53.5 Å². The molecule has 1 N–H and O–H groups in total. The molecule has 7 heteroatoms. The molecule has 4 rings (SSSR count). The molecule has 0 saturated heterocycles. The molecule has 1 aromatic heterocycles. The van der Waals surface area contributed by atoms with E-state index in [1.165, 1.54) is 7.11 Å². The minimum absolute atomic E-state index is 0.365. The zero-order valence-corrected chi connectivity index (χ0v) is 15.3. The maximum absolute atomic E-state index is 12.1. The van der Waals surface area contributed by atoms with Crippen LogP contribution >= 0.6 is 0 Å². The van der Waals surface area contributed by atoms with Crippen LogP contribution in [0.4, 0.5) is 0 Å². The second kappa shape index (κ2) is 6.77. The number of rotatable bonds is 3. The summed E-state index contributed by atoms with van der Waals surface area (Å²) in [5, 5.41) is 11.7. The molecule has 0 amide bonds. The molecule has 0 fully saturated rings. The van der Waals surface area contributed by atoms with Gasteiger partial charge in [0.05, 0.1) is 24.1 Å². The second-order valence-corrected chi connectivity index (χ2v) is 6.20. The average Bonchev–Trinajstić information content (AvgIpc) is 3.03. The first-order valence-electron chi connectivity index (χ1n) is 8.59. The Labute approximate surface area is 156 Å². The van der Waals surface area contributed by atoms with Gasteiger partial charge in [0, 0.05) is 11.1 Å². The molecule has 3 aromatic rings. The van der Waals surface area contributed by atoms with Crippen LogP contribution < -0.4 is 5.32 Å². The molecular formula is C20H19N5O2. The van der Waals surface area contributed by atoms with Gasteiger partial charge in [-0.2, -0.15) is 0 Å². The fourth-order valence-electron chi connectivity index (χ4n) is 3.29. The van der Waals surface area contributed by atoms with E-state index in [9.17, 15) is 4.79 Å². The third kappa shape index (κ3) is 2.82. The zero-order valence-electron chi connectivity index (χ0n) is 15.3. The minimum Gasteiger partial charge on any atom is -0.465 e. The van der Waals surface area contributed by atoms with Crippen LogP contribution in [0.2, 0.25) is 0 Å². The summed E-state index contributed by atoms with van der Waals surface area (Å²) in [7, 11) is 3.21. The van der Waals surface area contributed by atoms with Crippen molar-refractivity contribution in [3.05, 3.63) is 76.9 Å². The Morgan fingerprint density at radius 2 is 1.93 bits per heavy atom. The van der Waals surface area contributed by atoms with Crippen molar-refractivity contribution in [3.63, 3.8) is 0 Å². The van der Waals surface area contributed by atoms with Crippen molar-refractivity contribution in [3.8, 4) is 5.69 Å². The Bertz CT molecular complexity index is 1040. The highest BCUT2D eigenvalue weighted by Crippen LogP contribution is 2.30. The van der Waals surface area contributed by atoms with Gasteiger partial charge in [-0.25, -0.2) is 4.79 Å². The summed E-state index contributed by atoms with van der Waals surface area (Å²) < 4.78 is 6.82. The summed E-state index contributed by atoms with van der Waals surface area (Å²) in [6.45, 7) is 1.88. The normalized spacial score (nSPS) is 15.4. The van der Waals surface area contributed by atoms with Gasteiger partial charge in [-0.1, -0.05) is 30.3 Å². The first-order chi connectivity index (χ1) is 13.1. The second-order valence-electron chi connectivity index (χ2n) is 6.20. The molecule has 0 aliphatic carbocycles. The van der Waals surface area contributed by atoms with Gasteiger partial charge in [-0.05, 0) is 32.2 Å². The van der Waals surface area contributed by atoms with Gasteiger partial charge in [0.15, 0.2) is 12.0 Å². The van der Waals surface area contributed by atoms with Crippen LogP contribution in [0, 0.1) is 6.92 Å². The number of esters is 1. The largest absolute Gasteiger partial charge is 0.465 e. The molecule has 136 valence electrons. The SMILES string of the molecule is CNC1N=C(c2ccccc2)c2ccc(C(=O)OC)cc2-n2c(C)nnc21. The van der Waals surface area contributed by atoms with E-state index in [0.29, 0.717) is 11.4 Å². The Morgan fingerprint density at radius 1 is 1.15 bits per heavy atom. The van der Waals surface area contributed by atoms with Crippen molar-refractivity contribution in [1.82, 2.24) is 20.1 Å². The number of ether oxygens (including phenoxy) is 1. The van der Waals surface area contributed by atoms with Gasteiger partial charge in [-0.15, -0.1) is 10.2 Å². The molecule has 0 radical (unpaired) electrons. The van der Waals surface area contributed by atoms with Crippen molar-refractivity contribution in [2.24, 2.45) is 4.99 Å². The van der Waals surface area contributed by atoms with E-state index in [0.717, 1.165) is 28.4 Å². The quantitative estimate of drug-likeness (QED) is 0.725. The number of aryl methyl sites for hydroxylation is 1. The highest BCUT2D eigenvalue weighted by Gasteiger charge is 2.28. The summed E-state index contributed by atoms with van der Waals surface area (Å²) in [5.74, 6) is 1.000. The van der Waals surface area contributed by atoms with Gasteiger partial charge < -0.3 is 4.74 Å². The van der Waals surface area contributed by atoms with Crippen molar-refractivity contribution < 1.29 is 9.53 Å². The fraction of sp³-hybridized carbons (Fsp3) is 0.200. The maximum Gasteiger partial charge on any atom is 0.337 e. The van der Waals surface area contributed by atoms with Crippen LogP contribution in [0.3, 0.4) is 0 Å². The fourth-order valence-corrected chi connectivity index (χ4v) is 3.29. The smallest absolute Gasteiger partial charge is 0.337 e.